The van der Waals surface area contributed by atoms with Crippen molar-refractivity contribution in [3.05, 3.63) is 0 Å². The van der Waals surface area contributed by atoms with Crippen molar-refractivity contribution in [1.29, 1.82) is 0 Å². The van der Waals surface area contributed by atoms with Crippen LogP contribution in [0.5, 0.6) is 0 Å². The molecule has 0 saturated carbocycles. The summed E-state index contributed by atoms with van der Waals surface area (Å²) in [5.41, 5.74) is 10.8. The smallest absolute Gasteiger partial charge is 0.326 e. The van der Waals surface area contributed by atoms with E-state index in [1.165, 1.54) is 25.7 Å². The van der Waals surface area contributed by atoms with Crippen molar-refractivity contribution in [2.75, 3.05) is 26.2 Å². The third kappa shape index (κ3) is 20.7. The number of aliphatic hydroxyl groups excluding tert-OH is 1. The lowest BCUT2D eigenvalue weighted by Crippen LogP contribution is -2.59. The standard InChI is InChI=1S/C44H76N12O13/c1-22(2)17-31(40(64)49-24(5)36(60)51-26(7)43(67)56-16-10-12-33(56)42(66)53-29(44(68)69)11-8-9-15-45)54-37(61)25(6)50-41(65)32(18-23(3)4)55-39(63)28(13-14-34(46)58)52-35(59)21-48-38(62)30-19-27(57)20-47-30/h22-33,47,57H,8-21,45H2,1-7H3,(H2,46,58)(H,48,62)(H,49,64)(H,50,65)(H,51,60)(H,52,59)(H,53,66)(H,54,61)(H,55,63)(H,68,69)/t24-,25-,26-,27+,28-,29-,30-,31-,32-,33-/m0/s1. The Morgan fingerprint density at radius 2 is 1.19 bits per heavy atom. The maximum absolute atomic E-state index is 13.6. The second-order valence-corrected chi connectivity index (χ2v) is 18.6. The molecule has 25 heteroatoms. The van der Waals surface area contributed by atoms with E-state index in [1.54, 1.807) is 27.7 Å². The van der Waals surface area contributed by atoms with Gasteiger partial charge in [0, 0.05) is 19.5 Å². The molecule has 0 aromatic rings. The highest BCUT2D eigenvalue weighted by atomic mass is 16.4. The number of amides is 10. The zero-order valence-electron chi connectivity index (χ0n) is 40.8. The topological polar surface area (TPSA) is 392 Å². The number of carbonyl (C=O) groups is 11. The molecule has 0 aliphatic carbocycles. The number of β-amino-alcohol motifs (C(OH)–C–C–N with tert-alkyl or cyclic N) is 1. The maximum Gasteiger partial charge on any atom is 0.326 e. The highest BCUT2D eigenvalue weighted by Crippen LogP contribution is 2.19. The van der Waals surface area contributed by atoms with Gasteiger partial charge in [0.1, 0.15) is 48.3 Å². The predicted molar refractivity (Wildman–Crippen MR) is 249 cm³/mol. The second-order valence-electron chi connectivity index (χ2n) is 18.6. The lowest BCUT2D eigenvalue weighted by molar-refractivity contribution is -0.145. The third-order valence-corrected chi connectivity index (χ3v) is 11.5. The van der Waals surface area contributed by atoms with E-state index < -0.39 is 132 Å². The summed E-state index contributed by atoms with van der Waals surface area (Å²) in [5, 5.41) is 42.3. The third-order valence-electron chi connectivity index (χ3n) is 11.5. The van der Waals surface area contributed by atoms with E-state index in [0.29, 0.717) is 32.2 Å². The molecule has 2 aliphatic rings. The Kier molecular flexibility index (Phi) is 25.0. The summed E-state index contributed by atoms with van der Waals surface area (Å²) >= 11 is 0. The number of carbonyl (C=O) groups excluding carboxylic acids is 10. The summed E-state index contributed by atoms with van der Waals surface area (Å²) in [6.07, 6.45) is 1.08. The quantitative estimate of drug-likeness (QED) is 0.0317. The van der Waals surface area contributed by atoms with Gasteiger partial charge in [0.05, 0.1) is 18.7 Å². The fraction of sp³-hybridized carbons (Fsp3) is 0.750. The van der Waals surface area contributed by atoms with E-state index in [4.69, 9.17) is 11.5 Å². The normalized spacial score (nSPS) is 19.7. The molecule has 10 atom stereocenters. The van der Waals surface area contributed by atoms with Gasteiger partial charge in [0.15, 0.2) is 0 Å². The molecule has 15 N–H and O–H groups in total. The minimum Gasteiger partial charge on any atom is -0.480 e. The number of rotatable bonds is 29. The first-order valence-electron chi connectivity index (χ1n) is 23.7. The van der Waals surface area contributed by atoms with Gasteiger partial charge in [-0.2, -0.15) is 0 Å². The molecule has 10 amide bonds. The Bertz CT molecular complexity index is 1830. The number of aliphatic hydroxyl groups is 1. The molecule has 0 spiro atoms. The zero-order chi connectivity index (χ0) is 52.1. The van der Waals surface area contributed by atoms with E-state index in [0.717, 1.165) is 0 Å². The van der Waals surface area contributed by atoms with Crippen molar-refractivity contribution in [3.63, 3.8) is 0 Å². The van der Waals surface area contributed by atoms with Crippen molar-refractivity contribution >= 4 is 65.0 Å². The van der Waals surface area contributed by atoms with Gasteiger partial charge in [-0.3, -0.25) is 47.9 Å². The molecule has 2 rings (SSSR count). The molecule has 0 aromatic heterocycles. The molecule has 69 heavy (non-hydrogen) atoms. The number of aliphatic carboxylic acids is 1. The van der Waals surface area contributed by atoms with Crippen LogP contribution in [0.4, 0.5) is 0 Å². The first-order valence-corrected chi connectivity index (χ1v) is 23.7. The Morgan fingerprint density at radius 3 is 1.70 bits per heavy atom. The van der Waals surface area contributed by atoms with Crippen LogP contribution in [-0.4, -0.2) is 167 Å². The average molecular weight is 981 g/mol. The Labute approximate surface area is 402 Å². The molecule has 0 radical (unpaired) electrons. The number of hydrogen-bond acceptors (Lipinski definition) is 14. The molecule has 2 aliphatic heterocycles. The van der Waals surface area contributed by atoms with Crippen LogP contribution in [0.1, 0.15) is 113 Å². The van der Waals surface area contributed by atoms with Gasteiger partial charge in [0.25, 0.3) is 0 Å². The summed E-state index contributed by atoms with van der Waals surface area (Å²) in [6.45, 7) is 11.5. The number of nitrogens with one attached hydrogen (secondary N) is 9. The van der Waals surface area contributed by atoms with Crippen LogP contribution in [0.25, 0.3) is 0 Å². The fourth-order valence-corrected chi connectivity index (χ4v) is 7.71. The lowest BCUT2D eigenvalue weighted by atomic mass is 10.0. The lowest BCUT2D eigenvalue weighted by Gasteiger charge is -2.29. The first-order chi connectivity index (χ1) is 32.3. The number of carboxylic acids is 1. The van der Waals surface area contributed by atoms with E-state index in [-0.39, 0.29) is 63.5 Å². The van der Waals surface area contributed by atoms with Crippen molar-refractivity contribution in [2.45, 2.75) is 173 Å². The number of nitrogens with zero attached hydrogens (tertiary/aromatic N) is 1. The molecule has 2 saturated heterocycles. The van der Waals surface area contributed by atoms with Crippen LogP contribution in [0.2, 0.25) is 0 Å². The minimum absolute atomic E-state index is 0.0817. The SMILES string of the molecule is CC(C)C[C@H](NC(=O)[C@H](C)NC(=O)[C@H](CC(C)C)NC(=O)[C@H](CCC(N)=O)NC(=O)CNC(=O)[C@@H]1C[C@@H](O)CN1)C(=O)N[C@@H](C)C(=O)N[C@@H](C)C(=O)N1CCC[C@H]1C(=O)N[C@@H](CCCCN)C(=O)O. The van der Waals surface area contributed by atoms with Crippen molar-refractivity contribution in [1.82, 2.24) is 52.8 Å². The highest BCUT2D eigenvalue weighted by Gasteiger charge is 2.39. The number of primary amides is 1. The first kappa shape index (κ1) is 59.2. The molecule has 390 valence electrons. The summed E-state index contributed by atoms with van der Waals surface area (Å²) < 4.78 is 0. The number of likely N-dealkylation sites (tertiary alicyclic amines) is 1. The van der Waals surface area contributed by atoms with Crippen molar-refractivity contribution in [3.8, 4) is 0 Å². The van der Waals surface area contributed by atoms with Gasteiger partial charge in [-0.25, -0.2) is 4.79 Å². The molecule has 2 fully saturated rings. The molecule has 0 bridgehead atoms. The van der Waals surface area contributed by atoms with E-state index in [1.807, 2.05) is 0 Å². The molecule has 0 aromatic carbocycles. The Balaban J connectivity index is 2.05. The predicted octanol–water partition coefficient (Wildman–Crippen LogP) is -4.16. The summed E-state index contributed by atoms with van der Waals surface area (Å²) in [6, 6.07) is -10.2. The molecular weight excluding hydrogens is 905 g/mol. The molecule has 0 unspecified atom stereocenters. The van der Waals surface area contributed by atoms with Gasteiger partial charge >= 0.3 is 5.97 Å². The van der Waals surface area contributed by atoms with Crippen LogP contribution >= 0.6 is 0 Å². The monoisotopic (exact) mass is 981 g/mol. The van der Waals surface area contributed by atoms with Gasteiger partial charge < -0.3 is 74.4 Å². The number of carboxylic acid groups (broad SMARTS) is 1. The van der Waals surface area contributed by atoms with E-state index in [2.05, 4.69) is 47.9 Å². The highest BCUT2D eigenvalue weighted by molar-refractivity contribution is 5.98. The largest absolute Gasteiger partial charge is 0.480 e. The Morgan fingerprint density at radius 1 is 0.652 bits per heavy atom. The van der Waals surface area contributed by atoms with Gasteiger partial charge in [-0.15, -0.1) is 0 Å². The van der Waals surface area contributed by atoms with Crippen LogP contribution < -0.4 is 59.3 Å². The summed E-state index contributed by atoms with van der Waals surface area (Å²) in [4.78, 5) is 144. The number of hydrogen-bond donors (Lipinski definition) is 13. The number of nitrogens with two attached hydrogens (primary N) is 2. The fourth-order valence-electron chi connectivity index (χ4n) is 7.71. The van der Waals surface area contributed by atoms with Crippen LogP contribution in [0, 0.1) is 11.8 Å². The maximum atomic E-state index is 13.6. The summed E-state index contributed by atoms with van der Waals surface area (Å²) in [7, 11) is 0. The van der Waals surface area contributed by atoms with Gasteiger partial charge in [-0.1, -0.05) is 27.7 Å². The molecule has 25 nitrogen and oxygen atoms in total. The van der Waals surface area contributed by atoms with Crippen LogP contribution in [0.15, 0.2) is 0 Å². The van der Waals surface area contributed by atoms with Gasteiger partial charge in [0.2, 0.25) is 59.1 Å². The van der Waals surface area contributed by atoms with Crippen LogP contribution in [0.3, 0.4) is 0 Å². The molecular formula is C44H76N12O13. The second kappa shape index (κ2) is 29.2. The summed E-state index contributed by atoms with van der Waals surface area (Å²) in [5.74, 6) is -8.69. The zero-order valence-corrected chi connectivity index (χ0v) is 40.8. The van der Waals surface area contributed by atoms with Crippen molar-refractivity contribution in [2.24, 2.45) is 23.3 Å². The van der Waals surface area contributed by atoms with Gasteiger partial charge in [-0.05, 0) is 96.9 Å². The average Bonchev–Trinajstić information content (AvgIpc) is 3.95. The van der Waals surface area contributed by atoms with Crippen LogP contribution in [-0.2, 0) is 52.7 Å². The van der Waals surface area contributed by atoms with E-state index >= 15 is 0 Å². The molecule has 2 heterocycles. The Hall–Kier alpha value is -5.95. The minimum atomic E-state index is -1.35. The van der Waals surface area contributed by atoms with Crippen molar-refractivity contribution < 1.29 is 63.0 Å². The number of unbranched alkanes of at least 4 members (excludes halogenated alkanes) is 1. The van der Waals surface area contributed by atoms with E-state index in [9.17, 15) is 63.0 Å².